The summed E-state index contributed by atoms with van der Waals surface area (Å²) < 4.78 is 0. The molecule has 138 valence electrons. The van der Waals surface area contributed by atoms with Crippen LogP contribution in [-0.2, 0) is 5.75 Å². The van der Waals surface area contributed by atoms with Crippen LogP contribution in [0.1, 0.15) is 16.1 Å². The molecule has 0 saturated heterocycles. The molecular formula is C21H16N4O2S. The minimum atomic E-state index is -0.372. The minimum absolute atomic E-state index is 0.185. The van der Waals surface area contributed by atoms with Crippen LogP contribution in [0.15, 0.2) is 82.7 Å². The first kappa shape index (κ1) is 17.9. The van der Waals surface area contributed by atoms with Crippen molar-refractivity contribution in [2.45, 2.75) is 10.6 Å². The fourth-order valence-electron chi connectivity index (χ4n) is 2.76. The van der Waals surface area contributed by atoms with Crippen molar-refractivity contribution in [1.29, 1.82) is 0 Å². The Balaban J connectivity index is 1.47. The maximum absolute atomic E-state index is 12.6. The van der Waals surface area contributed by atoms with Crippen molar-refractivity contribution in [2.24, 2.45) is 0 Å². The van der Waals surface area contributed by atoms with Crippen LogP contribution >= 0.6 is 11.8 Å². The number of carbonyl (C=O) groups excluding carboxylic acids is 1. The smallest absolute Gasteiger partial charge is 0.276 e. The van der Waals surface area contributed by atoms with Crippen LogP contribution in [0.4, 0.5) is 5.69 Å². The first-order valence-corrected chi connectivity index (χ1v) is 9.60. The Morgan fingerprint density at radius 2 is 1.79 bits per heavy atom. The second kappa shape index (κ2) is 8.06. The molecule has 6 nitrogen and oxygen atoms in total. The average molecular weight is 388 g/mol. The summed E-state index contributed by atoms with van der Waals surface area (Å²) in [5.41, 5.74) is 1.68. The number of hydrogen-bond donors (Lipinski definition) is 2. The summed E-state index contributed by atoms with van der Waals surface area (Å²) >= 11 is 1.70. The Morgan fingerprint density at radius 3 is 2.54 bits per heavy atom. The van der Waals surface area contributed by atoms with Crippen molar-refractivity contribution >= 4 is 34.1 Å². The quantitative estimate of drug-likeness (QED) is 0.507. The summed E-state index contributed by atoms with van der Waals surface area (Å²) in [4.78, 5) is 29.7. The molecule has 0 unspecified atom stereocenters. The normalized spacial score (nSPS) is 10.7. The van der Waals surface area contributed by atoms with Crippen molar-refractivity contribution < 1.29 is 4.79 Å². The van der Waals surface area contributed by atoms with Gasteiger partial charge in [-0.2, -0.15) is 5.10 Å². The highest BCUT2D eigenvalue weighted by Crippen LogP contribution is 2.24. The third-order valence-electron chi connectivity index (χ3n) is 4.15. The van der Waals surface area contributed by atoms with E-state index < -0.39 is 0 Å². The van der Waals surface area contributed by atoms with E-state index in [0.29, 0.717) is 16.5 Å². The third-order valence-corrected chi connectivity index (χ3v) is 5.23. The lowest BCUT2D eigenvalue weighted by Gasteiger charge is -2.08. The van der Waals surface area contributed by atoms with E-state index in [0.717, 1.165) is 16.2 Å². The van der Waals surface area contributed by atoms with Crippen molar-refractivity contribution in [3.8, 4) is 0 Å². The van der Waals surface area contributed by atoms with Crippen molar-refractivity contribution in [1.82, 2.24) is 15.2 Å². The van der Waals surface area contributed by atoms with E-state index in [4.69, 9.17) is 0 Å². The van der Waals surface area contributed by atoms with E-state index >= 15 is 0 Å². The lowest BCUT2D eigenvalue weighted by Crippen LogP contribution is -2.19. The molecule has 0 bridgehead atoms. The zero-order valence-electron chi connectivity index (χ0n) is 14.8. The van der Waals surface area contributed by atoms with Crippen molar-refractivity contribution in [3.63, 3.8) is 0 Å². The molecule has 2 N–H and O–H groups in total. The highest BCUT2D eigenvalue weighted by atomic mass is 32.2. The second-order valence-electron chi connectivity index (χ2n) is 6.08. The molecule has 0 aliphatic heterocycles. The van der Waals surface area contributed by atoms with Gasteiger partial charge in [-0.3, -0.25) is 14.6 Å². The van der Waals surface area contributed by atoms with Crippen LogP contribution in [-0.4, -0.2) is 21.1 Å². The molecule has 4 rings (SSSR count). The number of thioether (sulfide) groups is 1. The average Bonchev–Trinajstić information content (AvgIpc) is 2.74. The van der Waals surface area contributed by atoms with Gasteiger partial charge in [0.1, 0.15) is 0 Å². The number of benzene rings is 2. The molecule has 0 atom stereocenters. The van der Waals surface area contributed by atoms with Crippen LogP contribution in [0.25, 0.3) is 10.8 Å². The number of anilines is 1. The summed E-state index contributed by atoms with van der Waals surface area (Å²) in [5.74, 6) is 0.454. The highest BCUT2D eigenvalue weighted by Gasteiger charge is 2.14. The van der Waals surface area contributed by atoms with Gasteiger partial charge in [-0.1, -0.05) is 24.3 Å². The van der Waals surface area contributed by atoms with Crippen LogP contribution in [0.3, 0.4) is 0 Å². The summed E-state index contributed by atoms with van der Waals surface area (Å²) in [7, 11) is 0. The molecule has 2 heterocycles. The van der Waals surface area contributed by atoms with E-state index in [2.05, 4.69) is 20.5 Å². The Labute approximate surface area is 165 Å². The van der Waals surface area contributed by atoms with Gasteiger partial charge >= 0.3 is 0 Å². The number of aromatic amines is 1. The number of rotatable bonds is 5. The zero-order chi connectivity index (χ0) is 19.3. The Bertz CT molecular complexity index is 1170. The number of nitrogens with zero attached hydrogens (tertiary/aromatic N) is 2. The number of nitrogens with one attached hydrogen (secondary N) is 2. The number of pyridine rings is 1. The SMILES string of the molecule is O=C(Nc1ccc(SCc2cccnc2)cc1)c1n[nH]c(=O)c2ccccc12. The van der Waals surface area contributed by atoms with Crippen LogP contribution in [0, 0.1) is 0 Å². The molecule has 2 aromatic heterocycles. The number of aromatic nitrogens is 3. The molecule has 28 heavy (non-hydrogen) atoms. The third kappa shape index (κ3) is 3.94. The van der Waals surface area contributed by atoms with Crippen LogP contribution in [0.2, 0.25) is 0 Å². The van der Waals surface area contributed by atoms with Gasteiger partial charge in [0.2, 0.25) is 0 Å². The molecule has 2 aromatic carbocycles. The largest absolute Gasteiger partial charge is 0.321 e. The topological polar surface area (TPSA) is 87.7 Å². The molecule has 0 aliphatic rings. The van der Waals surface area contributed by atoms with Gasteiger partial charge < -0.3 is 5.32 Å². The summed E-state index contributed by atoms with van der Waals surface area (Å²) in [5, 5.41) is 10.1. The van der Waals surface area contributed by atoms with Gasteiger partial charge in [-0.05, 0) is 42.0 Å². The minimum Gasteiger partial charge on any atom is -0.321 e. The van der Waals surface area contributed by atoms with E-state index in [1.54, 1.807) is 42.2 Å². The van der Waals surface area contributed by atoms with Crippen LogP contribution in [0.5, 0.6) is 0 Å². The van der Waals surface area contributed by atoms with Gasteiger partial charge in [0, 0.05) is 34.1 Å². The Hall–Kier alpha value is -3.45. The molecule has 1 amide bonds. The highest BCUT2D eigenvalue weighted by molar-refractivity contribution is 7.98. The molecule has 0 spiro atoms. The zero-order valence-corrected chi connectivity index (χ0v) is 15.6. The standard InChI is InChI=1S/C21H16N4O2S/c26-20-18-6-2-1-5-17(18)19(24-25-20)21(27)23-15-7-9-16(10-8-15)28-13-14-4-3-11-22-12-14/h1-12H,13H2,(H,23,27)(H,25,26). The number of hydrogen-bond acceptors (Lipinski definition) is 5. The number of H-pyrrole nitrogens is 1. The molecule has 0 radical (unpaired) electrons. The monoisotopic (exact) mass is 388 g/mol. The van der Waals surface area contributed by atoms with Gasteiger partial charge in [-0.15, -0.1) is 11.8 Å². The first-order valence-electron chi connectivity index (χ1n) is 8.61. The van der Waals surface area contributed by atoms with Gasteiger partial charge in [0.05, 0.1) is 5.39 Å². The van der Waals surface area contributed by atoms with Gasteiger partial charge in [0.15, 0.2) is 5.69 Å². The van der Waals surface area contributed by atoms with Gasteiger partial charge in [0.25, 0.3) is 11.5 Å². The predicted octanol–water partition coefficient (Wildman–Crippen LogP) is 3.86. The van der Waals surface area contributed by atoms with Crippen molar-refractivity contribution in [3.05, 3.63) is 94.7 Å². The first-order chi connectivity index (χ1) is 13.7. The Morgan fingerprint density at radius 1 is 1.00 bits per heavy atom. The van der Waals surface area contributed by atoms with Gasteiger partial charge in [-0.25, -0.2) is 5.10 Å². The van der Waals surface area contributed by atoms with E-state index in [9.17, 15) is 9.59 Å². The van der Waals surface area contributed by atoms with Crippen LogP contribution < -0.4 is 10.9 Å². The second-order valence-corrected chi connectivity index (χ2v) is 7.12. The number of fused-ring (bicyclic) bond motifs is 1. The maximum atomic E-state index is 12.6. The molecule has 4 aromatic rings. The molecule has 7 heteroatoms. The van der Waals surface area contributed by atoms with E-state index in [-0.39, 0.29) is 17.2 Å². The molecule has 0 fully saturated rings. The predicted molar refractivity (Wildman–Crippen MR) is 111 cm³/mol. The number of amides is 1. The molecule has 0 aliphatic carbocycles. The lowest BCUT2D eigenvalue weighted by atomic mass is 10.1. The maximum Gasteiger partial charge on any atom is 0.276 e. The summed E-state index contributed by atoms with van der Waals surface area (Å²) in [6.07, 6.45) is 3.61. The Kier molecular flexibility index (Phi) is 5.16. The fourth-order valence-corrected chi connectivity index (χ4v) is 3.60. The molecular weight excluding hydrogens is 372 g/mol. The fraction of sp³-hybridized carbons (Fsp3) is 0.0476. The van der Waals surface area contributed by atoms with E-state index in [1.165, 1.54) is 0 Å². The van der Waals surface area contributed by atoms with E-state index in [1.807, 2.05) is 42.6 Å². The lowest BCUT2D eigenvalue weighted by molar-refractivity contribution is 0.102. The summed E-state index contributed by atoms with van der Waals surface area (Å²) in [6.45, 7) is 0. The van der Waals surface area contributed by atoms with Crippen molar-refractivity contribution in [2.75, 3.05) is 5.32 Å². The number of carbonyl (C=O) groups is 1. The summed E-state index contributed by atoms with van der Waals surface area (Å²) in [6, 6.07) is 18.5. The molecule has 0 saturated carbocycles.